The molecule has 104 valence electrons. The van der Waals surface area contributed by atoms with E-state index in [0.717, 1.165) is 25.9 Å². The highest BCUT2D eigenvalue weighted by Gasteiger charge is 2.22. The Morgan fingerprint density at radius 1 is 1.58 bits per heavy atom. The topological polar surface area (TPSA) is 84.0 Å². The first kappa shape index (κ1) is 13.9. The number of nitrogens with two attached hydrogens (primary N) is 1. The number of piperidine rings is 1. The fourth-order valence-corrected chi connectivity index (χ4v) is 2.54. The van der Waals surface area contributed by atoms with Gasteiger partial charge in [0.2, 0.25) is 0 Å². The first-order valence-corrected chi connectivity index (χ1v) is 6.45. The summed E-state index contributed by atoms with van der Waals surface area (Å²) in [5.74, 6) is 0.653. The number of hydrogen-bond donors (Lipinski definition) is 2. The maximum absolute atomic E-state index is 8.73. The molecule has 1 fully saturated rings. The molecule has 0 spiro atoms. The minimum absolute atomic E-state index is 0.0135. The summed E-state index contributed by atoms with van der Waals surface area (Å²) in [6.45, 7) is 1.65. The zero-order chi connectivity index (χ0) is 13.8. The lowest BCUT2D eigenvalue weighted by atomic mass is 10.1. The van der Waals surface area contributed by atoms with Gasteiger partial charge in [0.15, 0.2) is 5.84 Å². The molecule has 19 heavy (non-hydrogen) atoms. The molecule has 3 N–H and O–H groups in total. The molecule has 1 saturated heterocycles. The van der Waals surface area contributed by atoms with E-state index in [1.807, 2.05) is 0 Å². The summed E-state index contributed by atoms with van der Waals surface area (Å²) in [7, 11) is 1.73. The fraction of sp³-hybridized carbons (Fsp3) is 0.500. The SMILES string of the molecule is COC1CCN(c2nccc(/C(N)=N/O)c2Cl)CC1. The molecule has 1 aromatic heterocycles. The summed E-state index contributed by atoms with van der Waals surface area (Å²) in [5, 5.41) is 12.1. The molecule has 0 unspecified atom stereocenters. The van der Waals surface area contributed by atoms with Crippen molar-refractivity contribution in [3.63, 3.8) is 0 Å². The predicted molar refractivity (Wildman–Crippen MR) is 74.0 cm³/mol. The lowest BCUT2D eigenvalue weighted by molar-refractivity contribution is 0.0818. The van der Waals surface area contributed by atoms with Gasteiger partial charge in [0.05, 0.1) is 11.1 Å². The van der Waals surface area contributed by atoms with Crippen LogP contribution in [0.5, 0.6) is 0 Å². The van der Waals surface area contributed by atoms with Crippen LogP contribution in [0.3, 0.4) is 0 Å². The van der Waals surface area contributed by atoms with E-state index in [1.165, 1.54) is 0 Å². The molecule has 1 aromatic rings. The van der Waals surface area contributed by atoms with Gasteiger partial charge in [0.1, 0.15) is 5.82 Å². The van der Waals surface area contributed by atoms with Gasteiger partial charge in [-0.3, -0.25) is 0 Å². The molecule has 0 aliphatic carbocycles. The third-order valence-electron chi connectivity index (χ3n) is 3.33. The van der Waals surface area contributed by atoms with Gasteiger partial charge in [-0.25, -0.2) is 4.98 Å². The second-order valence-corrected chi connectivity index (χ2v) is 4.78. The second-order valence-electron chi connectivity index (χ2n) is 4.40. The quantitative estimate of drug-likeness (QED) is 0.380. The van der Waals surface area contributed by atoms with Crippen LogP contribution in [0.4, 0.5) is 5.82 Å². The Morgan fingerprint density at radius 3 is 2.84 bits per heavy atom. The molecule has 1 aliphatic heterocycles. The third kappa shape index (κ3) is 2.90. The molecule has 1 aliphatic rings. The number of oxime groups is 1. The van der Waals surface area contributed by atoms with E-state index in [0.29, 0.717) is 22.5 Å². The molecular weight excluding hydrogens is 268 g/mol. The standard InChI is InChI=1S/C12H17ClN4O2/c1-19-8-3-6-17(7-4-8)12-10(13)9(2-5-15-12)11(14)16-18/h2,5,8,18H,3-4,6-7H2,1H3,(H2,14,16). The maximum Gasteiger partial charge on any atom is 0.171 e. The van der Waals surface area contributed by atoms with Gasteiger partial charge in [0, 0.05) is 32.0 Å². The number of nitrogens with zero attached hydrogens (tertiary/aromatic N) is 3. The molecule has 0 radical (unpaired) electrons. The lowest BCUT2D eigenvalue weighted by Crippen LogP contribution is -2.37. The molecule has 6 nitrogen and oxygen atoms in total. The van der Waals surface area contributed by atoms with Crippen LogP contribution >= 0.6 is 11.6 Å². The average Bonchev–Trinajstić information content (AvgIpc) is 2.47. The highest BCUT2D eigenvalue weighted by molar-refractivity contribution is 6.36. The van der Waals surface area contributed by atoms with Crippen LogP contribution in [0.1, 0.15) is 18.4 Å². The normalized spacial score (nSPS) is 17.8. The summed E-state index contributed by atoms with van der Waals surface area (Å²) >= 11 is 6.28. The number of amidine groups is 1. The summed E-state index contributed by atoms with van der Waals surface area (Å²) in [6, 6.07) is 1.63. The minimum atomic E-state index is -0.0135. The smallest absolute Gasteiger partial charge is 0.171 e. The molecule has 0 bridgehead atoms. The van der Waals surface area contributed by atoms with Crippen molar-refractivity contribution in [2.45, 2.75) is 18.9 Å². The highest BCUT2D eigenvalue weighted by atomic mass is 35.5. The summed E-state index contributed by atoms with van der Waals surface area (Å²) in [5.41, 5.74) is 6.08. The predicted octanol–water partition coefficient (Wildman–Crippen LogP) is 1.44. The van der Waals surface area contributed by atoms with Crippen LogP contribution in [-0.2, 0) is 4.74 Å². The third-order valence-corrected chi connectivity index (χ3v) is 3.70. The Bertz CT molecular complexity index is 473. The number of halogens is 1. The Hall–Kier alpha value is -1.53. The Labute approximate surface area is 116 Å². The summed E-state index contributed by atoms with van der Waals surface area (Å²) in [4.78, 5) is 6.38. The zero-order valence-corrected chi connectivity index (χ0v) is 11.5. The Balaban J connectivity index is 2.22. The molecule has 0 amide bonds. The number of rotatable bonds is 3. The monoisotopic (exact) mass is 284 g/mol. The van der Waals surface area contributed by atoms with Crippen molar-refractivity contribution in [1.29, 1.82) is 0 Å². The highest BCUT2D eigenvalue weighted by Crippen LogP contribution is 2.29. The largest absolute Gasteiger partial charge is 0.409 e. The molecule has 7 heteroatoms. The van der Waals surface area contributed by atoms with Crippen LogP contribution in [0.2, 0.25) is 5.02 Å². The number of hydrogen-bond acceptors (Lipinski definition) is 5. The van der Waals surface area contributed by atoms with Crippen LogP contribution in [0.15, 0.2) is 17.4 Å². The lowest BCUT2D eigenvalue weighted by Gasteiger charge is -2.32. The number of pyridine rings is 1. The minimum Gasteiger partial charge on any atom is -0.409 e. The second kappa shape index (κ2) is 6.08. The van der Waals surface area contributed by atoms with Crippen molar-refractivity contribution >= 4 is 23.3 Å². The number of ether oxygens (including phenoxy) is 1. The van der Waals surface area contributed by atoms with Crippen molar-refractivity contribution in [1.82, 2.24) is 4.98 Å². The van der Waals surface area contributed by atoms with Gasteiger partial charge in [-0.05, 0) is 18.9 Å². The Kier molecular flexibility index (Phi) is 4.44. The van der Waals surface area contributed by atoms with E-state index in [9.17, 15) is 0 Å². The zero-order valence-electron chi connectivity index (χ0n) is 10.7. The van der Waals surface area contributed by atoms with E-state index < -0.39 is 0 Å². The van der Waals surface area contributed by atoms with E-state index in [2.05, 4.69) is 15.0 Å². The van der Waals surface area contributed by atoms with Crippen molar-refractivity contribution in [3.05, 3.63) is 22.8 Å². The fourth-order valence-electron chi connectivity index (χ4n) is 2.21. The van der Waals surface area contributed by atoms with Crippen molar-refractivity contribution in [2.24, 2.45) is 10.9 Å². The van der Waals surface area contributed by atoms with Gasteiger partial charge < -0.3 is 20.6 Å². The van der Waals surface area contributed by atoms with Crippen molar-refractivity contribution in [3.8, 4) is 0 Å². The maximum atomic E-state index is 8.73. The first-order valence-electron chi connectivity index (χ1n) is 6.07. The van der Waals surface area contributed by atoms with E-state index >= 15 is 0 Å². The molecule has 0 aromatic carbocycles. The first-order chi connectivity index (χ1) is 9.17. The number of anilines is 1. The van der Waals surface area contributed by atoms with Crippen molar-refractivity contribution < 1.29 is 9.94 Å². The van der Waals surface area contributed by atoms with Crippen LogP contribution in [0.25, 0.3) is 0 Å². The summed E-state index contributed by atoms with van der Waals surface area (Å²) in [6.07, 6.45) is 3.77. The van der Waals surface area contributed by atoms with Gasteiger partial charge >= 0.3 is 0 Å². The van der Waals surface area contributed by atoms with E-state index in [4.69, 9.17) is 27.3 Å². The Morgan fingerprint density at radius 2 is 2.26 bits per heavy atom. The van der Waals surface area contributed by atoms with Crippen LogP contribution < -0.4 is 10.6 Å². The molecule has 0 atom stereocenters. The number of aromatic nitrogens is 1. The van der Waals surface area contributed by atoms with Gasteiger partial charge in [-0.2, -0.15) is 0 Å². The van der Waals surface area contributed by atoms with Gasteiger partial charge in [-0.1, -0.05) is 16.8 Å². The number of methoxy groups -OCH3 is 1. The van der Waals surface area contributed by atoms with Gasteiger partial charge in [0.25, 0.3) is 0 Å². The molecule has 2 rings (SSSR count). The van der Waals surface area contributed by atoms with Gasteiger partial charge in [-0.15, -0.1) is 0 Å². The van der Waals surface area contributed by atoms with Crippen LogP contribution in [0, 0.1) is 0 Å². The molecule has 2 heterocycles. The average molecular weight is 285 g/mol. The van der Waals surface area contributed by atoms with Crippen LogP contribution in [-0.4, -0.2) is 42.3 Å². The summed E-state index contributed by atoms with van der Waals surface area (Å²) < 4.78 is 5.33. The molecular formula is C12H17ClN4O2. The van der Waals surface area contributed by atoms with E-state index in [-0.39, 0.29) is 5.84 Å². The molecule has 0 saturated carbocycles. The van der Waals surface area contributed by atoms with Crippen molar-refractivity contribution in [2.75, 3.05) is 25.1 Å². The van der Waals surface area contributed by atoms with E-state index in [1.54, 1.807) is 19.4 Å².